The topological polar surface area (TPSA) is 71.3 Å². The van der Waals surface area contributed by atoms with E-state index in [1.54, 1.807) is 6.07 Å². The molecule has 2 N–H and O–H groups in total. The summed E-state index contributed by atoms with van der Waals surface area (Å²) in [4.78, 5) is 23.5. The predicted octanol–water partition coefficient (Wildman–Crippen LogP) is 2.59. The number of nitrogens with zero attached hydrogens (tertiary/aromatic N) is 1. The fraction of sp³-hybridized carbons (Fsp3) is 0.600. The summed E-state index contributed by atoms with van der Waals surface area (Å²) in [6, 6.07) is 3.82. The van der Waals surface area contributed by atoms with Crippen molar-refractivity contribution in [3.63, 3.8) is 0 Å². The number of carbonyl (C=O) groups is 2. The van der Waals surface area contributed by atoms with Gasteiger partial charge >= 0.3 is 5.97 Å². The molecular weight excluding hydrogens is 256 g/mol. The molecule has 1 saturated carbocycles. The average Bonchev–Trinajstić information content (AvgIpc) is 2.96. The summed E-state index contributed by atoms with van der Waals surface area (Å²) in [5.74, 6) is -1.03. The van der Waals surface area contributed by atoms with Crippen molar-refractivity contribution in [2.24, 2.45) is 0 Å². The van der Waals surface area contributed by atoms with E-state index in [9.17, 15) is 9.59 Å². The van der Waals surface area contributed by atoms with Crippen molar-refractivity contribution in [3.05, 3.63) is 24.0 Å². The molecule has 0 atom stereocenters. The molecule has 1 aliphatic carbocycles. The van der Waals surface area contributed by atoms with Gasteiger partial charge in [0.05, 0.1) is 12.0 Å². The fourth-order valence-corrected chi connectivity index (χ4v) is 3.03. The number of nitrogens with one attached hydrogen (secondary N) is 1. The van der Waals surface area contributed by atoms with Crippen LogP contribution in [-0.4, -0.2) is 27.1 Å². The number of aliphatic carboxylic acids is 1. The minimum atomic E-state index is -0.855. The molecule has 1 fully saturated rings. The van der Waals surface area contributed by atoms with Crippen LogP contribution in [-0.2, 0) is 4.79 Å². The highest BCUT2D eigenvalue weighted by atomic mass is 16.4. The van der Waals surface area contributed by atoms with Crippen LogP contribution in [0.25, 0.3) is 0 Å². The van der Waals surface area contributed by atoms with E-state index in [0.717, 1.165) is 25.7 Å². The minimum Gasteiger partial charge on any atom is -0.481 e. The molecule has 1 heterocycles. The first-order chi connectivity index (χ1) is 9.43. The zero-order valence-corrected chi connectivity index (χ0v) is 12.1. The van der Waals surface area contributed by atoms with E-state index in [4.69, 9.17) is 5.11 Å². The van der Waals surface area contributed by atoms with Crippen LogP contribution in [0.5, 0.6) is 0 Å². The summed E-state index contributed by atoms with van der Waals surface area (Å²) in [5, 5.41) is 12.0. The molecule has 1 aliphatic rings. The molecule has 1 amide bonds. The van der Waals surface area contributed by atoms with E-state index >= 15 is 0 Å². The van der Waals surface area contributed by atoms with Crippen LogP contribution in [0.2, 0.25) is 0 Å². The second-order valence-corrected chi connectivity index (χ2v) is 5.91. The van der Waals surface area contributed by atoms with Crippen molar-refractivity contribution < 1.29 is 14.7 Å². The number of carbonyl (C=O) groups excluding carboxylic acids is 1. The summed E-state index contributed by atoms with van der Waals surface area (Å²) in [6.07, 6.45) is 5.30. The van der Waals surface area contributed by atoms with Gasteiger partial charge < -0.3 is 15.0 Å². The molecule has 5 heteroatoms. The van der Waals surface area contributed by atoms with E-state index in [0.29, 0.717) is 5.69 Å². The molecule has 0 aliphatic heterocycles. The molecular formula is C15H22N2O3. The van der Waals surface area contributed by atoms with Crippen molar-refractivity contribution in [1.29, 1.82) is 0 Å². The van der Waals surface area contributed by atoms with Gasteiger partial charge in [-0.1, -0.05) is 12.8 Å². The Labute approximate surface area is 119 Å². The third kappa shape index (κ3) is 3.03. The van der Waals surface area contributed by atoms with Gasteiger partial charge in [0.1, 0.15) is 5.69 Å². The zero-order valence-electron chi connectivity index (χ0n) is 12.1. The van der Waals surface area contributed by atoms with Crippen molar-refractivity contribution in [3.8, 4) is 0 Å². The molecule has 1 aromatic rings. The smallest absolute Gasteiger partial charge is 0.305 e. The van der Waals surface area contributed by atoms with Crippen molar-refractivity contribution in [2.45, 2.75) is 57.5 Å². The molecule has 0 bridgehead atoms. The van der Waals surface area contributed by atoms with E-state index in [2.05, 4.69) is 5.32 Å². The zero-order chi connectivity index (χ0) is 14.8. The minimum absolute atomic E-state index is 0.00112. The van der Waals surface area contributed by atoms with Crippen LogP contribution in [0.3, 0.4) is 0 Å². The summed E-state index contributed by atoms with van der Waals surface area (Å²) >= 11 is 0. The lowest BCUT2D eigenvalue weighted by molar-refractivity contribution is -0.138. The largest absolute Gasteiger partial charge is 0.481 e. The second kappa shape index (κ2) is 5.69. The van der Waals surface area contributed by atoms with Gasteiger partial charge in [-0.05, 0) is 38.8 Å². The predicted molar refractivity (Wildman–Crippen MR) is 75.7 cm³/mol. The normalized spacial score (nSPS) is 17.4. The van der Waals surface area contributed by atoms with Crippen molar-refractivity contribution >= 4 is 11.9 Å². The van der Waals surface area contributed by atoms with Crippen LogP contribution in [0.15, 0.2) is 18.3 Å². The molecule has 0 spiro atoms. The molecule has 0 radical (unpaired) electrons. The van der Waals surface area contributed by atoms with Crippen LogP contribution in [0.4, 0.5) is 0 Å². The number of carboxylic acids is 1. The lowest BCUT2D eigenvalue weighted by Crippen LogP contribution is -2.48. The molecule has 0 aromatic carbocycles. The second-order valence-electron chi connectivity index (χ2n) is 5.91. The number of amides is 1. The van der Waals surface area contributed by atoms with Gasteiger partial charge in [0.25, 0.3) is 5.91 Å². The first-order valence-corrected chi connectivity index (χ1v) is 7.15. The number of hydrogen-bond donors (Lipinski definition) is 2. The third-order valence-corrected chi connectivity index (χ3v) is 4.00. The summed E-state index contributed by atoms with van der Waals surface area (Å²) in [7, 11) is 0. The van der Waals surface area contributed by atoms with E-state index in [-0.39, 0.29) is 18.4 Å². The van der Waals surface area contributed by atoms with Crippen molar-refractivity contribution in [2.75, 3.05) is 0 Å². The van der Waals surface area contributed by atoms with Crippen molar-refractivity contribution in [1.82, 2.24) is 9.88 Å². The summed E-state index contributed by atoms with van der Waals surface area (Å²) in [6.45, 7) is 4.03. The molecule has 0 unspecified atom stereocenters. The Morgan fingerprint density at radius 1 is 1.40 bits per heavy atom. The lowest BCUT2D eigenvalue weighted by atomic mass is 9.93. The van der Waals surface area contributed by atoms with Gasteiger partial charge in [-0.2, -0.15) is 0 Å². The average molecular weight is 278 g/mol. The standard InChI is InChI=1S/C15H22N2O3/c1-11(2)17-9-5-6-12(17)14(20)16-15(10-13(18)19)7-3-4-8-15/h5-6,9,11H,3-4,7-8,10H2,1-2H3,(H,16,20)(H,18,19). The van der Waals surface area contributed by atoms with E-state index in [1.807, 2.05) is 30.7 Å². The van der Waals surface area contributed by atoms with E-state index in [1.165, 1.54) is 0 Å². The Bertz CT molecular complexity index is 499. The molecule has 2 rings (SSSR count). The number of hydrogen-bond acceptors (Lipinski definition) is 2. The highest BCUT2D eigenvalue weighted by molar-refractivity contribution is 5.93. The number of rotatable bonds is 5. The lowest BCUT2D eigenvalue weighted by Gasteiger charge is -2.29. The summed E-state index contributed by atoms with van der Waals surface area (Å²) < 4.78 is 1.90. The highest BCUT2D eigenvalue weighted by Gasteiger charge is 2.38. The van der Waals surface area contributed by atoms with Gasteiger partial charge in [-0.15, -0.1) is 0 Å². The highest BCUT2D eigenvalue weighted by Crippen LogP contribution is 2.33. The van der Waals surface area contributed by atoms with Gasteiger partial charge in [0, 0.05) is 12.2 Å². The maximum Gasteiger partial charge on any atom is 0.305 e. The third-order valence-electron chi connectivity index (χ3n) is 4.00. The Hall–Kier alpha value is -1.78. The Balaban J connectivity index is 2.16. The number of aromatic nitrogens is 1. The van der Waals surface area contributed by atoms with Gasteiger partial charge in [0.2, 0.25) is 0 Å². The molecule has 0 saturated heterocycles. The van der Waals surface area contributed by atoms with Gasteiger partial charge in [-0.25, -0.2) is 0 Å². The van der Waals surface area contributed by atoms with Crippen LogP contribution in [0, 0.1) is 0 Å². The van der Waals surface area contributed by atoms with Gasteiger partial charge in [0.15, 0.2) is 0 Å². The molecule has 1 aromatic heterocycles. The molecule has 20 heavy (non-hydrogen) atoms. The monoisotopic (exact) mass is 278 g/mol. The quantitative estimate of drug-likeness (QED) is 0.869. The first kappa shape index (κ1) is 14.6. The number of carboxylic acid groups (broad SMARTS) is 1. The summed E-state index contributed by atoms with van der Waals surface area (Å²) in [5.41, 5.74) is 0.0197. The molecule has 5 nitrogen and oxygen atoms in total. The maximum atomic E-state index is 12.4. The Morgan fingerprint density at radius 2 is 2.05 bits per heavy atom. The van der Waals surface area contributed by atoms with Gasteiger partial charge in [-0.3, -0.25) is 9.59 Å². The first-order valence-electron chi connectivity index (χ1n) is 7.15. The molecule has 110 valence electrons. The SMILES string of the molecule is CC(C)n1cccc1C(=O)NC1(CC(=O)O)CCCC1. The van der Waals surface area contributed by atoms with Crippen LogP contribution >= 0.6 is 0 Å². The Morgan fingerprint density at radius 3 is 2.60 bits per heavy atom. The van der Waals surface area contributed by atoms with Crippen LogP contribution < -0.4 is 5.32 Å². The van der Waals surface area contributed by atoms with E-state index < -0.39 is 11.5 Å². The maximum absolute atomic E-state index is 12.4. The Kier molecular flexibility index (Phi) is 4.16. The van der Waals surface area contributed by atoms with Crippen LogP contribution in [0.1, 0.15) is 62.5 Å². The fourth-order valence-electron chi connectivity index (χ4n) is 3.03.